The van der Waals surface area contributed by atoms with Crippen molar-refractivity contribution in [3.63, 3.8) is 0 Å². The topological polar surface area (TPSA) is 44.5 Å². The highest BCUT2D eigenvalue weighted by Gasteiger charge is 2.43. The molecule has 1 unspecified atom stereocenters. The zero-order valence-electron chi connectivity index (χ0n) is 12.8. The molecule has 25 heavy (non-hydrogen) atoms. The SMILES string of the molecule is NC(CCc1ccc(C(F)(F)F)cc1)c1ccc2c(c1)OC(F)(F)O2. The molecule has 8 heteroatoms. The second-order valence-corrected chi connectivity index (χ2v) is 5.71. The molecule has 1 aliphatic heterocycles. The molecular weight excluding hydrogens is 345 g/mol. The lowest BCUT2D eigenvalue weighted by Gasteiger charge is -2.13. The first-order valence-electron chi connectivity index (χ1n) is 7.45. The minimum absolute atomic E-state index is 0.0660. The summed E-state index contributed by atoms with van der Waals surface area (Å²) in [4.78, 5) is 0. The van der Waals surface area contributed by atoms with Crippen LogP contribution >= 0.6 is 0 Å². The summed E-state index contributed by atoms with van der Waals surface area (Å²) in [7, 11) is 0. The molecule has 1 aliphatic rings. The minimum Gasteiger partial charge on any atom is -0.395 e. The molecule has 2 N–H and O–H groups in total. The van der Waals surface area contributed by atoms with Gasteiger partial charge in [-0.25, -0.2) is 0 Å². The van der Waals surface area contributed by atoms with Gasteiger partial charge in [0.25, 0.3) is 0 Å². The number of halogens is 5. The number of hydrogen-bond donors (Lipinski definition) is 1. The highest BCUT2D eigenvalue weighted by molar-refractivity contribution is 5.46. The highest BCUT2D eigenvalue weighted by Crippen LogP contribution is 2.42. The summed E-state index contributed by atoms with van der Waals surface area (Å²) in [6, 6.07) is 8.64. The molecule has 0 amide bonds. The van der Waals surface area contributed by atoms with Gasteiger partial charge in [0.15, 0.2) is 11.5 Å². The molecule has 1 heterocycles. The van der Waals surface area contributed by atoms with Crippen LogP contribution in [0.4, 0.5) is 22.0 Å². The quantitative estimate of drug-likeness (QED) is 0.808. The first kappa shape index (κ1) is 17.5. The van der Waals surface area contributed by atoms with E-state index in [-0.39, 0.29) is 11.5 Å². The maximum absolute atomic E-state index is 13.0. The maximum Gasteiger partial charge on any atom is 0.586 e. The van der Waals surface area contributed by atoms with Crippen molar-refractivity contribution in [2.45, 2.75) is 31.4 Å². The van der Waals surface area contributed by atoms with Gasteiger partial charge in [0.2, 0.25) is 0 Å². The number of aryl methyl sites for hydroxylation is 1. The van der Waals surface area contributed by atoms with E-state index in [9.17, 15) is 22.0 Å². The van der Waals surface area contributed by atoms with Crippen LogP contribution in [0.1, 0.15) is 29.2 Å². The molecule has 0 radical (unpaired) electrons. The van der Waals surface area contributed by atoms with Gasteiger partial charge in [0, 0.05) is 6.04 Å². The molecule has 0 aromatic heterocycles. The van der Waals surface area contributed by atoms with Gasteiger partial charge in [-0.3, -0.25) is 0 Å². The number of rotatable bonds is 4. The average Bonchev–Trinajstić information content (AvgIpc) is 2.84. The van der Waals surface area contributed by atoms with E-state index in [1.165, 1.54) is 24.3 Å². The molecule has 0 fully saturated rings. The Morgan fingerprint density at radius 2 is 1.60 bits per heavy atom. The average molecular weight is 359 g/mol. The number of benzene rings is 2. The molecular formula is C17H14F5NO2. The molecule has 3 nitrogen and oxygen atoms in total. The summed E-state index contributed by atoms with van der Waals surface area (Å²) < 4.78 is 72.3. The Labute approximate surface area is 140 Å². The fraction of sp³-hybridized carbons (Fsp3) is 0.294. The largest absolute Gasteiger partial charge is 0.586 e. The Hall–Kier alpha value is -2.35. The second-order valence-electron chi connectivity index (χ2n) is 5.71. The van der Waals surface area contributed by atoms with Gasteiger partial charge >= 0.3 is 12.5 Å². The number of ether oxygens (including phenoxy) is 2. The molecule has 0 bridgehead atoms. The number of hydrogen-bond acceptors (Lipinski definition) is 3. The van der Waals surface area contributed by atoms with Crippen molar-refractivity contribution in [2.24, 2.45) is 5.73 Å². The maximum atomic E-state index is 13.0. The Bertz CT molecular complexity index is 759. The molecule has 2 aromatic rings. The van der Waals surface area contributed by atoms with Crippen LogP contribution in [-0.4, -0.2) is 6.29 Å². The van der Waals surface area contributed by atoms with Crippen LogP contribution in [0.15, 0.2) is 42.5 Å². The monoisotopic (exact) mass is 359 g/mol. The third-order valence-corrected chi connectivity index (χ3v) is 3.88. The van der Waals surface area contributed by atoms with Crippen LogP contribution in [-0.2, 0) is 12.6 Å². The van der Waals surface area contributed by atoms with Crippen LogP contribution in [0, 0.1) is 0 Å². The smallest absolute Gasteiger partial charge is 0.395 e. The van der Waals surface area contributed by atoms with Crippen molar-refractivity contribution in [3.8, 4) is 11.5 Å². The van der Waals surface area contributed by atoms with E-state index in [2.05, 4.69) is 9.47 Å². The Morgan fingerprint density at radius 1 is 0.960 bits per heavy atom. The van der Waals surface area contributed by atoms with E-state index < -0.39 is 24.1 Å². The Kier molecular flexibility index (Phi) is 4.32. The molecule has 2 aromatic carbocycles. The minimum atomic E-state index is -4.37. The van der Waals surface area contributed by atoms with Crippen molar-refractivity contribution in [1.29, 1.82) is 0 Å². The lowest BCUT2D eigenvalue weighted by atomic mass is 9.99. The number of alkyl halides is 5. The van der Waals surface area contributed by atoms with Crippen molar-refractivity contribution in [3.05, 3.63) is 59.2 Å². The van der Waals surface area contributed by atoms with Gasteiger partial charge in [-0.15, -0.1) is 8.78 Å². The molecule has 134 valence electrons. The predicted octanol–water partition coefficient (Wildman–Crippen LogP) is 4.66. The Morgan fingerprint density at radius 3 is 2.24 bits per heavy atom. The molecule has 0 saturated heterocycles. The fourth-order valence-electron chi connectivity index (χ4n) is 2.55. The van der Waals surface area contributed by atoms with Crippen LogP contribution in [0.3, 0.4) is 0 Å². The van der Waals surface area contributed by atoms with Gasteiger partial charge in [0.05, 0.1) is 5.56 Å². The second kappa shape index (κ2) is 6.18. The highest BCUT2D eigenvalue weighted by atomic mass is 19.4. The zero-order chi connectivity index (χ0) is 18.2. The molecule has 0 saturated carbocycles. The molecule has 3 rings (SSSR count). The molecule has 0 spiro atoms. The first-order valence-corrected chi connectivity index (χ1v) is 7.45. The Balaban J connectivity index is 1.63. The normalized spacial score (nSPS) is 16.7. The van der Waals surface area contributed by atoms with Gasteiger partial charge in [-0.1, -0.05) is 18.2 Å². The predicted molar refractivity (Wildman–Crippen MR) is 79.3 cm³/mol. The third-order valence-electron chi connectivity index (χ3n) is 3.88. The summed E-state index contributed by atoms with van der Waals surface area (Å²) in [5, 5.41) is 0. The molecule has 1 atom stereocenters. The lowest BCUT2D eigenvalue weighted by molar-refractivity contribution is -0.286. The molecule has 0 aliphatic carbocycles. The van der Waals surface area contributed by atoms with E-state index in [0.29, 0.717) is 24.0 Å². The van der Waals surface area contributed by atoms with Crippen molar-refractivity contribution in [2.75, 3.05) is 0 Å². The van der Waals surface area contributed by atoms with E-state index in [0.717, 1.165) is 12.1 Å². The summed E-state index contributed by atoms with van der Waals surface area (Å²) in [5.41, 5.74) is 6.61. The van der Waals surface area contributed by atoms with Crippen LogP contribution in [0.2, 0.25) is 0 Å². The van der Waals surface area contributed by atoms with E-state index in [1.54, 1.807) is 6.07 Å². The van der Waals surface area contributed by atoms with Gasteiger partial charge in [-0.05, 0) is 48.2 Å². The summed E-state index contributed by atoms with van der Waals surface area (Å²) in [5.74, 6) is -0.156. The summed E-state index contributed by atoms with van der Waals surface area (Å²) in [6.07, 6.45) is -7.18. The third kappa shape index (κ3) is 4.01. The number of nitrogens with two attached hydrogens (primary N) is 1. The van der Waals surface area contributed by atoms with Crippen LogP contribution < -0.4 is 15.2 Å². The number of fused-ring (bicyclic) bond motifs is 1. The van der Waals surface area contributed by atoms with Gasteiger partial charge in [-0.2, -0.15) is 13.2 Å². The lowest BCUT2D eigenvalue weighted by Crippen LogP contribution is -2.25. The summed E-state index contributed by atoms with van der Waals surface area (Å²) in [6.45, 7) is 0. The van der Waals surface area contributed by atoms with E-state index in [1.807, 2.05) is 0 Å². The zero-order valence-corrected chi connectivity index (χ0v) is 12.8. The van der Waals surface area contributed by atoms with Crippen molar-refractivity contribution in [1.82, 2.24) is 0 Å². The van der Waals surface area contributed by atoms with Crippen molar-refractivity contribution < 1.29 is 31.4 Å². The van der Waals surface area contributed by atoms with Crippen molar-refractivity contribution >= 4 is 0 Å². The van der Waals surface area contributed by atoms with Crippen LogP contribution in [0.25, 0.3) is 0 Å². The van der Waals surface area contributed by atoms with E-state index >= 15 is 0 Å². The fourth-order valence-corrected chi connectivity index (χ4v) is 2.55. The summed E-state index contributed by atoms with van der Waals surface area (Å²) >= 11 is 0. The first-order chi connectivity index (χ1) is 11.6. The standard InChI is InChI=1S/C17H14F5NO2/c18-16(19,20)12-5-1-10(2-6-12)3-7-13(23)11-4-8-14-15(9-11)25-17(21,22)24-14/h1-2,4-6,8-9,13H,3,7,23H2. The van der Waals surface area contributed by atoms with Gasteiger partial charge < -0.3 is 15.2 Å². The van der Waals surface area contributed by atoms with E-state index in [4.69, 9.17) is 5.73 Å². The van der Waals surface area contributed by atoms with Crippen LogP contribution in [0.5, 0.6) is 11.5 Å². The van der Waals surface area contributed by atoms with Gasteiger partial charge in [0.1, 0.15) is 0 Å².